The normalized spacial score (nSPS) is 16.4. The van der Waals surface area contributed by atoms with Crippen molar-refractivity contribution in [3.63, 3.8) is 0 Å². The molecule has 2 heterocycles. The molecule has 1 aromatic heterocycles. The Labute approximate surface area is 120 Å². The number of piperazine rings is 1. The van der Waals surface area contributed by atoms with E-state index in [4.69, 9.17) is 10.5 Å². The van der Waals surface area contributed by atoms with Crippen molar-refractivity contribution in [1.82, 2.24) is 14.9 Å². The van der Waals surface area contributed by atoms with Crippen molar-refractivity contribution in [1.29, 1.82) is 0 Å². The number of aromatic nitrogens is 2. The molecular formula is C14H25N5O. The fraction of sp³-hybridized carbons (Fsp3) is 0.714. The molecule has 2 rings (SSSR count). The van der Waals surface area contributed by atoms with E-state index in [1.54, 1.807) is 0 Å². The van der Waals surface area contributed by atoms with Crippen LogP contribution in [0.1, 0.15) is 19.2 Å². The molecule has 112 valence electrons. The highest BCUT2D eigenvalue weighted by Crippen LogP contribution is 2.19. The second kappa shape index (κ2) is 7.40. The molecule has 1 fully saturated rings. The van der Waals surface area contributed by atoms with Gasteiger partial charge >= 0.3 is 0 Å². The number of anilines is 1. The fourth-order valence-electron chi connectivity index (χ4n) is 2.42. The molecule has 0 aromatic carbocycles. The Balaban J connectivity index is 1.96. The molecule has 0 atom stereocenters. The molecule has 6 nitrogen and oxygen atoms in total. The van der Waals surface area contributed by atoms with Gasteiger partial charge in [-0.1, -0.05) is 0 Å². The zero-order valence-corrected chi connectivity index (χ0v) is 12.5. The third kappa shape index (κ3) is 4.05. The van der Waals surface area contributed by atoms with Gasteiger partial charge in [-0.2, -0.15) is 4.98 Å². The predicted molar refractivity (Wildman–Crippen MR) is 80.3 cm³/mol. The van der Waals surface area contributed by atoms with Crippen LogP contribution in [0.25, 0.3) is 0 Å². The van der Waals surface area contributed by atoms with Gasteiger partial charge in [0.1, 0.15) is 11.6 Å². The zero-order chi connectivity index (χ0) is 14.4. The van der Waals surface area contributed by atoms with E-state index in [-0.39, 0.29) is 0 Å². The van der Waals surface area contributed by atoms with Gasteiger partial charge in [-0.3, -0.25) is 4.90 Å². The van der Waals surface area contributed by atoms with Crippen LogP contribution >= 0.6 is 0 Å². The first-order valence-electron chi connectivity index (χ1n) is 7.38. The summed E-state index contributed by atoms with van der Waals surface area (Å²) in [5.74, 6) is 2.40. The highest BCUT2D eigenvalue weighted by molar-refractivity contribution is 5.42. The first-order valence-corrected chi connectivity index (χ1v) is 7.38. The van der Waals surface area contributed by atoms with Gasteiger partial charge in [0.15, 0.2) is 0 Å². The average Bonchev–Trinajstić information content (AvgIpc) is 2.45. The van der Waals surface area contributed by atoms with Crippen LogP contribution in [-0.4, -0.2) is 60.7 Å². The number of hydrogen-bond donors (Lipinski definition) is 1. The molecule has 0 unspecified atom stereocenters. The molecule has 1 aliphatic heterocycles. The van der Waals surface area contributed by atoms with Gasteiger partial charge in [-0.25, -0.2) is 4.98 Å². The van der Waals surface area contributed by atoms with Crippen LogP contribution in [0.2, 0.25) is 0 Å². The van der Waals surface area contributed by atoms with Crippen molar-refractivity contribution >= 4 is 5.82 Å². The smallest absolute Gasteiger partial charge is 0.218 e. The summed E-state index contributed by atoms with van der Waals surface area (Å²) in [7, 11) is 0. The van der Waals surface area contributed by atoms with E-state index in [0.717, 1.165) is 57.3 Å². The lowest BCUT2D eigenvalue weighted by atomic mass is 10.3. The van der Waals surface area contributed by atoms with E-state index in [2.05, 4.69) is 19.8 Å². The van der Waals surface area contributed by atoms with Crippen LogP contribution < -0.4 is 15.4 Å². The molecule has 20 heavy (non-hydrogen) atoms. The summed E-state index contributed by atoms with van der Waals surface area (Å²) in [4.78, 5) is 13.6. The standard InChI is InChI=1S/C14H25N5O/c1-3-20-14-11-13(16-12(2)17-14)19-9-7-18(8-10-19)6-4-5-15/h11H,3-10,15H2,1-2H3. The lowest BCUT2D eigenvalue weighted by Gasteiger charge is -2.35. The summed E-state index contributed by atoms with van der Waals surface area (Å²) in [6.45, 7) is 10.5. The highest BCUT2D eigenvalue weighted by Gasteiger charge is 2.18. The number of nitrogens with two attached hydrogens (primary N) is 1. The van der Waals surface area contributed by atoms with E-state index in [9.17, 15) is 0 Å². The maximum absolute atomic E-state index is 5.56. The molecule has 1 aromatic rings. The van der Waals surface area contributed by atoms with Gasteiger partial charge in [0.25, 0.3) is 0 Å². The van der Waals surface area contributed by atoms with Gasteiger partial charge in [0.05, 0.1) is 6.61 Å². The molecular weight excluding hydrogens is 254 g/mol. The molecule has 2 N–H and O–H groups in total. The molecule has 0 aliphatic carbocycles. The summed E-state index contributed by atoms with van der Waals surface area (Å²) in [6, 6.07) is 1.94. The summed E-state index contributed by atoms with van der Waals surface area (Å²) in [6.07, 6.45) is 1.07. The van der Waals surface area contributed by atoms with Gasteiger partial charge in [-0.05, 0) is 33.4 Å². The van der Waals surface area contributed by atoms with Gasteiger partial charge in [-0.15, -0.1) is 0 Å². The minimum atomic E-state index is 0.628. The van der Waals surface area contributed by atoms with Crippen LogP contribution in [0.4, 0.5) is 5.82 Å². The van der Waals surface area contributed by atoms with Crippen molar-refractivity contribution in [2.75, 3.05) is 50.8 Å². The maximum atomic E-state index is 5.56. The largest absolute Gasteiger partial charge is 0.478 e. The van der Waals surface area contributed by atoms with E-state index >= 15 is 0 Å². The molecule has 0 spiro atoms. The summed E-state index contributed by atoms with van der Waals surface area (Å²) in [5, 5.41) is 0. The van der Waals surface area contributed by atoms with Crippen LogP contribution in [0.15, 0.2) is 6.07 Å². The minimum absolute atomic E-state index is 0.628. The topological polar surface area (TPSA) is 67.5 Å². The Kier molecular flexibility index (Phi) is 5.55. The van der Waals surface area contributed by atoms with Gasteiger partial charge in [0, 0.05) is 32.2 Å². The second-order valence-corrected chi connectivity index (χ2v) is 5.02. The lowest BCUT2D eigenvalue weighted by Crippen LogP contribution is -2.47. The fourth-order valence-corrected chi connectivity index (χ4v) is 2.42. The van der Waals surface area contributed by atoms with E-state index in [1.165, 1.54) is 0 Å². The zero-order valence-electron chi connectivity index (χ0n) is 12.5. The number of rotatable bonds is 6. The summed E-state index contributed by atoms with van der Waals surface area (Å²) < 4.78 is 5.49. The number of aryl methyl sites for hydroxylation is 1. The van der Waals surface area contributed by atoms with E-state index in [0.29, 0.717) is 12.5 Å². The first kappa shape index (κ1) is 15.0. The Morgan fingerprint density at radius 3 is 2.65 bits per heavy atom. The molecule has 6 heteroatoms. The molecule has 0 saturated carbocycles. The maximum Gasteiger partial charge on any atom is 0.218 e. The number of nitrogens with zero attached hydrogens (tertiary/aromatic N) is 4. The summed E-state index contributed by atoms with van der Waals surface area (Å²) >= 11 is 0. The SMILES string of the molecule is CCOc1cc(N2CCN(CCCN)CC2)nc(C)n1. The molecule has 0 amide bonds. The molecule has 0 radical (unpaired) electrons. The predicted octanol–water partition coefficient (Wildman–Crippen LogP) is 0.655. The Bertz CT molecular complexity index is 418. The monoisotopic (exact) mass is 279 g/mol. The van der Waals surface area contributed by atoms with Crippen molar-refractivity contribution in [2.45, 2.75) is 20.3 Å². The highest BCUT2D eigenvalue weighted by atomic mass is 16.5. The van der Waals surface area contributed by atoms with Gasteiger partial charge < -0.3 is 15.4 Å². The number of hydrogen-bond acceptors (Lipinski definition) is 6. The minimum Gasteiger partial charge on any atom is -0.478 e. The Morgan fingerprint density at radius 2 is 2.00 bits per heavy atom. The van der Waals surface area contributed by atoms with Crippen molar-refractivity contribution in [3.05, 3.63) is 11.9 Å². The van der Waals surface area contributed by atoms with Crippen LogP contribution in [0.5, 0.6) is 5.88 Å². The van der Waals surface area contributed by atoms with E-state index in [1.807, 2.05) is 19.9 Å². The van der Waals surface area contributed by atoms with Crippen molar-refractivity contribution in [2.24, 2.45) is 5.73 Å². The Hall–Kier alpha value is -1.40. The summed E-state index contributed by atoms with van der Waals surface area (Å²) in [5.41, 5.74) is 5.56. The Morgan fingerprint density at radius 1 is 1.25 bits per heavy atom. The average molecular weight is 279 g/mol. The van der Waals surface area contributed by atoms with Crippen molar-refractivity contribution in [3.8, 4) is 5.88 Å². The lowest BCUT2D eigenvalue weighted by molar-refractivity contribution is 0.255. The number of ether oxygens (including phenoxy) is 1. The third-order valence-corrected chi connectivity index (χ3v) is 3.47. The molecule has 1 saturated heterocycles. The third-order valence-electron chi connectivity index (χ3n) is 3.47. The second-order valence-electron chi connectivity index (χ2n) is 5.02. The van der Waals surface area contributed by atoms with Crippen LogP contribution in [0, 0.1) is 6.92 Å². The van der Waals surface area contributed by atoms with Crippen molar-refractivity contribution < 1.29 is 4.74 Å². The van der Waals surface area contributed by atoms with Crippen LogP contribution in [0.3, 0.4) is 0 Å². The first-order chi connectivity index (χ1) is 9.72. The quantitative estimate of drug-likeness (QED) is 0.825. The molecule has 1 aliphatic rings. The van der Waals surface area contributed by atoms with Gasteiger partial charge in [0.2, 0.25) is 5.88 Å². The molecule has 0 bridgehead atoms. The van der Waals surface area contributed by atoms with E-state index < -0.39 is 0 Å². The van der Waals surface area contributed by atoms with Crippen LogP contribution in [-0.2, 0) is 0 Å².